The van der Waals surface area contributed by atoms with Crippen LogP contribution in [0.25, 0.3) is 32.5 Å². The van der Waals surface area contributed by atoms with Crippen LogP contribution in [0, 0.1) is 0 Å². The Kier molecular flexibility index (Phi) is 9.99. The van der Waals surface area contributed by atoms with Gasteiger partial charge in [-0.2, -0.15) is 31.4 Å². The molecule has 0 radical (unpaired) electrons. The Morgan fingerprint density at radius 2 is 1.45 bits per heavy atom. The van der Waals surface area contributed by atoms with Crippen LogP contribution in [0.2, 0.25) is 0 Å². The smallest absolute Gasteiger partial charge is 0.475 e. The summed E-state index contributed by atoms with van der Waals surface area (Å²) >= 11 is 1.56. The molecular weight excluding hydrogens is 570 g/mol. The predicted molar refractivity (Wildman–Crippen MR) is 135 cm³/mol. The van der Waals surface area contributed by atoms with Gasteiger partial charge in [-0.25, -0.2) is 14.3 Å². The first-order chi connectivity index (χ1) is 18.4. The molecule has 40 heavy (non-hydrogen) atoms. The van der Waals surface area contributed by atoms with Crippen molar-refractivity contribution >= 4 is 39.0 Å². The van der Waals surface area contributed by atoms with Crippen LogP contribution in [-0.2, 0) is 16.6 Å². The van der Waals surface area contributed by atoms with Crippen LogP contribution < -0.4 is 10.5 Å². The molecular formula is C24H20F6N4O5S. The number of hydrogen-bond donors (Lipinski definition) is 2. The van der Waals surface area contributed by atoms with E-state index < -0.39 is 24.3 Å². The van der Waals surface area contributed by atoms with E-state index in [0.29, 0.717) is 5.39 Å². The standard InChI is InChI=1S/C20H18N4OS.2C2HF3O2/c1-23(2)15-6-4-5-14(11-15)18-19-17(20(25)24(3)22-18)16(12-26-19)13-7-9-21-10-8-13;2*3-2(4,5)1(6)7/h4-12H,1-3H3;2*(H,6,7). The van der Waals surface area contributed by atoms with Gasteiger partial charge in [0, 0.05) is 55.7 Å². The fraction of sp³-hybridized carbons (Fsp3) is 0.208. The maximum atomic E-state index is 12.8. The van der Waals surface area contributed by atoms with E-state index in [4.69, 9.17) is 19.8 Å². The van der Waals surface area contributed by atoms with E-state index >= 15 is 0 Å². The molecule has 3 aromatic heterocycles. The average Bonchev–Trinajstić information content (AvgIpc) is 3.32. The van der Waals surface area contributed by atoms with E-state index in [0.717, 1.165) is 32.8 Å². The van der Waals surface area contributed by atoms with Gasteiger partial charge in [0.1, 0.15) is 5.69 Å². The Balaban J connectivity index is 0.000000333. The summed E-state index contributed by atoms with van der Waals surface area (Å²) in [5, 5.41) is 21.6. The molecule has 214 valence electrons. The Labute approximate surface area is 225 Å². The summed E-state index contributed by atoms with van der Waals surface area (Å²) in [5.74, 6) is -5.51. The molecule has 0 bridgehead atoms. The Bertz CT molecular complexity index is 1530. The molecule has 4 rings (SSSR count). The lowest BCUT2D eigenvalue weighted by Crippen LogP contribution is -2.21. The number of thiophene rings is 1. The lowest BCUT2D eigenvalue weighted by Gasteiger charge is -2.14. The number of halogens is 6. The van der Waals surface area contributed by atoms with Crippen LogP contribution in [0.5, 0.6) is 0 Å². The molecule has 16 heteroatoms. The maximum Gasteiger partial charge on any atom is 0.490 e. The number of hydrogen-bond acceptors (Lipinski definition) is 7. The Hall–Kier alpha value is -4.47. The zero-order valence-electron chi connectivity index (χ0n) is 20.8. The lowest BCUT2D eigenvalue weighted by molar-refractivity contribution is -0.193. The molecule has 9 nitrogen and oxygen atoms in total. The third kappa shape index (κ3) is 8.02. The largest absolute Gasteiger partial charge is 0.490 e. The van der Waals surface area contributed by atoms with Crippen molar-refractivity contribution < 1.29 is 46.1 Å². The van der Waals surface area contributed by atoms with E-state index in [1.54, 1.807) is 30.8 Å². The van der Waals surface area contributed by atoms with Gasteiger partial charge in [-0.15, -0.1) is 11.3 Å². The van der Waals surface area contributed by atoms with E-state index in [9.17, 15) is 31.1 Å². The molecule has 0 unspecified atom stereocenters. The number of carboxylic acids is 2. The highest BCUT2D eigenvalue weighted by molar-refractivity contribution is 7.18. The monoisotopic (exact) mass is 590 g/mol. The topological polar surface area (TPSA) is 126 Å². The van der Waals surface area contributed by atoms with E-state index in [1.165, 1.54) is 4.68 Å². The summed E-state index contributed by atoms with van der Waals surface area (Å²) in [4.78, 5) is 36.7. The third-order valence-electron chi connectivity index (χ3n) is 4.88. The second kappa shape index (κ2) is 12.6. The van der Waals surface area contributed by atoms with Crippen LogP contribution in [0.3, 0.4) is 0 Å². The molecule has 1 aromatic carbocycles. The highest BCUT2D eigenvalue weighted by Gasteiger charge is 2.38. The van der Waals surface area contributed by atoms with Gasteiger partial charge >= 0.3 is 24.3 Å². The number of aryl methyl sites for hydroxylation is 1. The van der Waals surface area contributed by atoms with Crippen molar-refractivity contribution in [2.45, 2.75) is 12.4 Å². The molecule has 0 amide bonds. The number of rotatable bonds is 3. The highest BCUT2D eigenvalue weighted by atomic mass is 32.1. The quantitative estimate of drug-likeness (QED) is 0.318. The molecule has 0 atom stereocenters. The summed E-state index contributed by atoms with van der Waals surface area (Å²) < 4.78 is 65.8. The first kappa shape index (κ1) is 31.7. The minimum absolute atomic E-state index is 0.0828. The number of anilines is 1. The number of fused-ring (bicyclic) bond motifs is 1. The van der Waals surface area contributed by atoms with Crippen molar-refractivity contribution in [1.82, 2.24) is 14.8 Å². The number of benzene rings is 1. The van der Waals surface area contributed by atoms with Gasteiger partial charge in [-0.1, -0.05) is 12.1 Å². The fourth-order valence-corrected chi connectivity index (χ4v) is 4.09. The van der Waals surface area contributed by atoms with Gasteiger partial charge in [0.05, 0.1) is 10.1 Å². The molecule has 0 saturated heterocycles. The van der Waals surface area contributed by atoms with Gasteiger partial charge in [0.2, 0.25) is 0 Å². The van der Waals surface area contributed by atoms with Crippen LogP contribution >= 0.6 is 11.3 Å². The molecule has 0 aliphatic heterocycles. The van der Waals surface area contributed by atoms with Gasteiger partial charge in [0.15, 0.2) is 0 Å². The van der Waals surface area contributed by atoms with Crippen molar-refractivity contribution in [3.8, 4) is 22.4 Å². The Morgan fingerprint density at radius 1 is 0.925 bits per heavy atom. The minimum Gasteiger partial charge on any atom is -0.475 e. The number of carbonyl (C=O) groups is 2. The number of alkyl halides is 6. The van der Waals surface area contributed by atoms with Gasteiger partial charge in [-0.3, -0.25) is 9.78 Å². The SMILES string of the molecule is CN(C)c1cccc(-c2nn(C)c(=O)c3c(-c4ccncc4)csc23)c1.O=C(O)C(F)(F)F.O=C(O)C(F)(F)F. The van der Waals surface area contributed by atoms with Crippen LogP contribution in [-0.4, -0.2) is 63.4 Å². The predicted octanol–water partition coefficient (Wildman–Crippen LogP) is 5.06. The van der Waals surface area contributed by atoms with Gasteiger partial charge < -0.3 is 15.1 Å². The zero-order valence-corrected chi connectivity index (χ0v) is 21.6. The number of aromatic nitrogens is 3. The number of aliphatic carboxylic acids is 2. The van der Waals surface area contributed by atoms with Crippen molar-refractivity contribution in [2.24, 2.45) is 7.05 Å². The molecule has 0 aliphatic carbocycles. The zero-order chi connectivity index (χ0) is 30.4. The molecule has 0 saturated carbocycles. The summed E-state index contributed by atoms with van der Waals surface area (Å²) in [6.07, 6.45) is -6.68. The van der Waals surface area contributed by atoms with E-state index in [1.807, 2.05) is 43.7 Å². The highest BCUT2D eigenvalue weighted by Crippen LogP contribution is 2.37. The number of nitrogens with zero attached hydrogens (tertiary/aromatic N) is 4. The maximum absolute atomic E-state index is 12.8. The summed E-state index contributed by atoms with van der Waals surface area (Å²) in [5.41, 5.74) is 4.76. The van der Waals surface area contributed by atoms with Crippen LogP contribution in [0.15, 0.2) is 59.0 Å². The summed E-state index contributed by atoms with van der Waals surface area (Å²) in [7, 11) is 5.72. The second-order valence-electron chi connectivity index (χ2n) is 7.92. The van der Waals surface area contributed by atoms with E-state index in [-0.39, 0.29) is 5.56 Å². The molecule has 0 aliphatic rings. The summed E-state index contributed by atoms with van der Waals surface area (Å²) in [6, 6.07) is 12.0. The minimum atomic E-state index is -5.08. The van der Waals surface area contributed by atoms with Crippen molar-refractivity contribution in [2.75, 3.05) is 19.0 Å². The van der Waals surface area contributed by atoms with E-state index in [2.05, 4.69) is 27.1 Å². The van der Waals surface area contributed by atoms with Gasteiger partial charge in [0.25, 0.3) is 5.56 Å². The Morgan fingerprint density at radius 3 is 1.93 bits per heavy atom. The van der Waals surface area contributed by atoms with Crippen LogP contribution in [0.1, 0.15) is 0 Å². The normalized spacial score (nSPS) is 11.1. The first-order valence-electron chi connectivity index (χ1n) is 10.7. The summed E-state index contributed by atoms with van der Waals surface area (Å²) in [6.45, 7) is 0. The second-order valence-corrected chi connectivity index (χ2v) is 8.80. The molecule has 4 aromatic rings. The average molecular weight is 591 g/mol. The van der Waals surface area contributed by atoms with Crippen molar-refractivity contribution in [1.29, 1.82) is 0 Å². The molecule has 0 spiro atoms. The number of pyridine rings is 1. The molecule has 3 heterocycles. The first-order valence-corrected chi connectivity index (χ1v) is 11.6. The molecule has 0 fully saturated rings. The number of carboxylic acid groups (broad SMARTS) is 2. The lowest BCUT2D eigenvalue weighted by atomic mass is 10.0. The third-order valence-corrected chi connectivity index (χ3v) is 5.86. The van der Waals surface area contributed by atoms with Crippen molar-refractivity contribution in [3.63, 3.8) is 0 Å². The van der Waals surface area contributed by atoms with Gasteiger partial charge in [-0.05, 0) is 29.8 Å². The fourth-order valence-electron chi connectivity index (χ4n) is 3.01. The van der Waals surface area contributed by atoms with Crippen molar-refractivity contribution in [3.05, 3.63) is 64.5 Å². The van der Waals surface area contributed by atoms with Crippen LogP contribution in [0.4, 0.5) is 32.0 Å². The molecule has 2 N–H and O–H groups in total.